The van der Waals surface area contributed by atoms with Gasteiger partial charge in [-0.3, -0.25) is 9.18 Å². The summed E-state index contributed by atoms with van der Waals surface area (Å²) in [5.74, 6) is -8.38. The van der Waals surface area contributed by atoms with Crippen molar-refractivity contribution >= 4 is 44.8 Å². The zero-order valence-electron chi connectivity index (χ0n) is 42.3. The van der Waals surface area contributed by atoms with E-state index < -0.39 is 69.8 Å². The van der Waals surface area contributed by atoms with Gasteiger partial charge >= 0.3 is 24.5 Å². The van der Waals surface area contributed by atoms with Gasteiger partial charge in [0.2, 0.25) is 0 Å². The Balaban J connectivity index is 0. The molecule has 0 spiro atoms. The van der Waals surface area contributed by atoms with E-state index in [2.05, 4.69) is 35.8 Å². The Morgan fingerprint density at radius 2 is 0.875 bits per heavy atom. The zero-order chi connectivity index (χ0) is 52.6. The summed E-state index contributed by atoms with van der Waals surface area (Å²) < 4.78 is 156. The molecule has 0 saturated heterocycles. The van der Waals surface area contributed by atoms with Crippen LogP contribution in [0.25, 0.3) is 11.1 Å². The van der Waals surface area contributed by atoms with Gasteiger partial charge in [0, 0.05) is 37.0 Å². The van der Waals surface area contributed by atoms with Crippen LogP contribution in [0.5, 0.6) is 0 Å². The summed E-state index contributed by atoms with van der Waals surface area (Å²) >= 11 is 2.87. The normalized spacial score (nSPS) is 14.9. The van der Waals surface area contributed by atoms with Crippen LogP contribution in [-0.2, 0) is 4.79 Å². The Bertz CT molecular complexity index is 2540. The number of carbonyl (C=O) groups excluding carboxylic acids is 1. The van der Waals surface area contributed by atoms with Gasteiger partial charge in [0.15, 0.2) is 58.2 Å². The number of Topliss-reactive ketones (excluding diaryl/α,β-unsaturated/α-hetero) is 1. The van der Waals surface area contributed by atoms with Crippen LogP contribution in [0.1, 0.15) is 113 Å². The van der Waals surface area contributed by atoms with Crippen LogP contribution in [-0.4, -0.2) is 28.8 Å². The third-order valence-electron chi connectivity index (χ3n) is 11.9. The summed E-state index contributed by atoms with van der Waals surface area (Å²) in [7, 11) is 0. The van der Waals surface area contributed by atoms with Crippen LogP contribution in [0, 0.1) is 129 Å². The first-order chi connectivity index (χ1) is 32.9. The van der Waals surface area contributed by atoms with Crippen LogP contribution < -0.4 is 17.0 Å². The molecule has 388 valence electrons. The molecule has 0 heterocycles. The van der Waals surface area contributed by atoms with E-state index in [0.29, 0.717) is 33.6 Å². The molecular weight excluding hydrogens is 1100 g/mol. The molecule has 2 saturated carbocycles. The van der Waals surface area contributed by atoms with Gasteiger partial charge in [-0.15, -0.1) is 11.6 Å². The fraction of sp³-hybridized carbons (Fsp3) is 0.339. The molecule has 2 fully saturated rings. The van der Waals surface area contributed by atoms with Gasteiger partial charge in [-0.2, -0.15) is 12.1 Å². The number of ketones is 1. The molecule has 0 aliphatic heterocycles. The number of rotatable bonds is 2. The minimum Gasteiger partial charge on any atom is -1.00 e. The van der Waals surface area contributed by atoms with E-state index in [0.717, 1.165) is 69.3 Å². The third-order valence-corrected chi connectivity index (χ3v) is 12.5. The Morgan fingerprint density at radius 3 is 1.29 bits per heavy atom. The van der Waals surface area contributed by atoms with E-state index in [4.69, 9.17) is 0 Å². The average molecular weight is 1160 g/mol. The number of halogens is 14. The monoisotopic (exact) mass is 1160 g/mol. The molecule has 16 heteroatoms. The number of hydrogen-bond donors (Lipinski definition) is 0. The van der Waals surface area contributed by atoms with Gasteiger partial charge in [-0.1, -0.05) is 88.2 Å². The second-order valence-corrected chi connectivity index (χ2v) is 18.4. The van der Waals surface area contributed by atoms with Gasteiger partial charge in [-0.25, -0.2) is 48.3 Å². The first-order valence-electron chi connectivity index (χ1n) is 22.6. The maximum absolute atomic E-state index is 13.8. The molecule has 2 aliphatic rings. The number of benzene rings is 6. The molecule has 0 atom stereocenters. The Morgan fingerprint density at radius 1 is 0.472 bits per heavy atom. The van der Waals surface area contributed by atoms with Gasteiger partial charge in [-0.05, 0) is 139 Å². The van der Waals surface area contributed by atoms with E-state index in [9.17, 15) is 57.5 Å². The minimum atomic E-state index is -1.17. The Hall–Kier alpha value is -4.12. The topological polar surface area (TPSA) is 17.1 Å². The molecule has 6 aromatic rings. The van der Waals surface area contributed by atoms with Gasteiger partial charge < -0.3 is 17.0 Å². The summed E-state index contributed by atoms with van der Waals surface area (Å²) in [5.41, 5.74) is 1.61. The van der Waals surface area contributed by atoms with E-state index >= 15 is 0 Å². The standard InChI is InChI=1S/C14H10F4.C14H18F2.C7H5BrF2.C7H6F2.C7H5F2.C7H12O.BrH.Mg.H2/c1-7-3-5-9(13(17)11(7)15)10-6-4-8(2)12(16)14(10)18;1-9-3-6-11(7-4-9)12-8-5-10(2)13(15)14(12)16;1-4-2-3-5(8)7(10)6(4)9;2*1-5-3-2-4-6(8)7(5)9;1-6-2-4-7(8)5-3-6;;;/h3-6H,1-2H3;5,8-9,11H,3-4,6-7H2,1-2H3;2-3H,1H3;2-4H,1H3;2-3H,1H3;6H,2-5H2,1H3;1H;;1H/q;;;;-1;;;+2;. The zero-order valence-corrected chi connectivity index (χ0v) is 45.9. The van der Waals surface area contributed by atoms with Crippen molar-refractivity contribution in [3.63, 3.8) is 0 Å². The molecular formula is C56H59Br2F12MgO+. The van der Waals surface area contributed by atoms with Crippen molar-refractivity contribution in [2.45, 2.75) is 113 Å². The Labute approximate surface area is 453 Å². The van der Waals surface area contributed by atoms with E-state index in [1.165, 1.54) is 95.3 Å². The van der Waals surface area contributed by atoms with Crippen LogP contribution in [0.3, 0.4) is 0 Å². The number of hydrogen-bond acceptors (Lipinski definition) is 1. The molecule has 1 nitrogen and oxygen atoms in total. The summed E-state index contributed by atoms with van der Waals surface area (Å²) in [6, 6.07) is 20.6. The van der Waals surface area contributed by atoms with E-state index in [1.54, 1.807) is 19.1 Å². The molecule has 2 aliphatic carbocycles. The van der Waals surface area contributed by atoms with Gasteiger partial charge in [0.05, 0.1) is 4.47 Å². The first kappa shape index (κ1) is 65.9. The van der Waals surface area contributed by atoms with Crippen molar-refractivity contribution in [2.24, 2.45) is 11.8 Å². The molecule has 6 aromatic carbocycles. The fourth-order valence-corrected chi connectivity index (χ4v) is 7.43. The quantitative estimate of drug-likeness (QED) is 0.0731. The second kappa shape index (κ2) is 31.6. The summed E-state index contributed by atoms with van der Waals surface area (Å²) in [6.45, 7) is 13.4. The first-order valence-corrected chi connectivity index (χ1v) is 23.4. The van der Waals surface area contributed by atoms with Crippen LogP contribution in [0.2, 0.25) is 0 Å². The maximum atomic E-state index is 13.8. The van der Waals surface area contributed by atoms with Gasteiger partial charge in [0.1, 0.15) is 5.78 Å². The molecule has 0 radical (unpaired) electrons. The summed E-state index contributed by atoms with van der Waals surface area (Å²) in [6.07, 6.45) is 8.14. The van der Waals surface area contributed by atoms with Crippen molar-refractivity contribution in [3.05, 3.63) is 198 Å². The number of carbonyl (C=O) groups is 1. The predicted molar refractivity (Wildman–Crippen MR) is 264 cm³/mol. The van der Waals surface area contributed by atoms with Gasteiger partial charge in [0.25, 0.3) is 0 Å². The Kier molecular flexibility index (Phi) is 28.9. The third kappa shape index (κ3) is 19.3. The SMILES string of the molecule is CC1CCC(=O)CC1.Cc1cc[c-]c(F)c1F.Cc1ccc(-c2ccc(C)c(F)c2F)c(F)c1F.Cc1ccc(Br)c(F)c1F.Cc1ccc(C2CCC(C)CC2)c(F)c1F.Cc1cccc(F)c1F.[Br-].[H+].[HH].[Mg+2]. The smallest absolute Gasteiger partial charge is 1.00 e. The minimum absolute atomic E-state index is 0. The fourth-order valence-electron chi connectivity index (χ4n) is 7.12. The van der Waals surface area contributed by atoms with E-state index in [-0.39, 0.29) is 75.5 Å². The summed E-state index contributed by atoms with van der Waals surface area (Å²) in [5, 5.41) is 0. The van der Waals surface area contributed by atoms with Crippen LogP contribution in [0.15, 0.2) is 83.3 Å². The molecule has 0 amide bonds. The maximum Gasteiger partial charge on any atom is 2.00 e. The van der Waals surface area contributed by atoms with Crippen molar-refractivity contribution in [3.8, 4) is 11.1 Å². The summed E-state index contributed by atoms with van der Waals surface area (Å²) in [4.78, 5) is 10.6. The molecule has 0 N–H and O–H groups in total. The molecule has 8 rings (SSSR count). The predicted octanol–water partition coefficient (Wildman–Crippen LogP) is 15.2. The molecule has 0 unspecified atom stereocenters. The van der Waals surface area contributed by atoms with Crippen molar-refractivity contribution in [1.82, 2.24) is 0 Å². The second-order valence-electron chi connectivity index (χ2n) is 17.5. The average Bonchev–Trinajstić information content (AvgIpc) is 3.33. The van der Waals surface area contributed by atoms with E-state index in [1.807, 2.05) is 0 Å². The molecule has 0 aromatic heterocycles. The largest absolute Gasteiger partial charge is 2.00 e. The van der Waals surface area contributed by atoms with Crippen molar-refractivity contribution in [2.75, 3.05) is 0 Å². The molecule has 72 heavy (non-hydrogen) atoms. The van der Waals surface area contributed by atoms with Crippen molar-refractivity contribution < 1.29 is 77.3 Å². The number of aryl methyl sites for hydroxylation is 6. The van der Waals surface area contributed by atoms with Crippen molar-refractivity contribution in [1.29, 1.82) is 0 Å². The van der Waals surface area contributed by atoms with Crippen LogP contribution in [0.4, 0.5) is 52.7 Å². The van der Waals surface area contributed by atoms with Crippen LogP contribution >= 0.6 is 15.9 Å². The molecule has 0 bridgehead atoms.